The van der Waals surface area contributed by atoms with Gasteiger partial charge in [0.1, 0.15) is 0 Å². The summed E-state index contributed by atoms with van der Waals surface area (Å²) in [6, 6.07) is 0.351. The van der Waals surface area contributed by atoms with Crippen LogP contribution in [0.5, 0.6) is 0 Å². The highest BCUT2D eigenvalue weighted by Gasteiger charge is 2.35. The van der Waals surface area contributed by atoms with Gasteiger partial charge in [0.15, 0.2) is 0 Å². The SMILES string of the molecule is C1=CC2CCC3CC=CN=C3C2N=C1. The molecule has 0 saturated heterocycles. The maximum Gasteiger partial charge on any atom is 0.0945 e. The van der Waals surface area contributed by atoms with E-state index in [2.05, 4.69) is 28.2 Å². The zero-order valence-electron chi connectivity index (χ0n) is 8.13. The predicted molar refractivity (Wildman–Crippen MR) is 58.8 cm³/mol. The molecule has 1 aliphatic carbocycles. The Morgan fingerprint density at radius 2 is 2.29 bits per heavy atom. The Labute approximate surface area is 84.1 Å². The maximum atomic E-state index is 4.56. The largest absolute Gasteiger partial charge is 0.283 e. The van der Waals surface area contributed by atoms with Crippen molar-refractivity contribution in [2.45, 2.75) is 25.3 Å². The fraction of sp³-hybridized carbons (Fsp3) is 0.500. The van der Waals surface area contributed by atoms with Gasteiger partial charge < -0.3 is 0 Å². The van der Waals surface area contributed by atoms with Crippen LogP contribution in [0.3, 0.4) is 0 Å². The van der Waals surface area contributed by atoms with E-state index < -0.39 is 0 Å². The highest BCUT2D eigenvalue weighted by Crippen LogP contribution is 2.34. The standard InChI is InChI=1S/C12H14N2/c1-3-9-5-6-10-4-2-8-14-12(10)11(9)13-7-1/h1-3,7-11H,4-6H2. The van der Waals surface area contributed by atoms with Crippen molar-refractivity contribution in [3.05, 3.63) is 24.4 Å². The zero-order chi connectivity index (χ0) is 9.38. The Morgan fingerprint density at radius 3 is 3.29 bits per heavy atom. The molecule has 0 aromatic carbocycles. The number of hydrogen-bond acceptors (Lipinski definition) is 2. The summed E-state index contributed by atoms with van der Waals surface area (Å²) in [6.45, 7) is 0. The topological polar surface area (TPSA) is 24.7 Å². The highest BCUT2D eigenvalue weighted by molar-refractivity contribution is 5.96. The number of nitrogens with zero attached hydrogens (tertiary/aromatic N) is 2. The smallest absolute Gasteiger partial charge is 0.0945 e. The van der Waals surface area contributed by atoms with Crippen LogP contribution >= 0.6 is 0 Å². The molecule has 0 aromatic rings. The minimum absolute atomic E-state index is 0.351. The summed E-state index contributed by atoms with van der Waals surface area (Å²) in [6.07, 6.45) is 14.1. The van der Waals surface area contributed by atoms with Gasteiger partial charge in [-0.25, -0.2) is 0 Å². The normalized spacial score (nSPS) is 38.9. The van der Waals surface area contributed by atoms with Gasteiger partial charge in [0, 0.05) is 30.0 Å². The Balaban J connectivity index is 1.95. The van der Waals surface area contributed by atoms with E-state index in [1.54, 1.807) is 0 Å². The van der Waals surface area contributed by atoms with Crippen molar-refractivity contribution in [3.8, 4) is 0 Å². The molecular formula is C12H14N2. The predicted octanol–water partition coefficient (Wildman–Crippen LogP) is 2.38. The quantitative estimate of drug-likeness (QED) is 0.555. The first-order chi connectivity index (χ1) is 6.95. The lowest BCUT2D eigenvalue weighted by Gasteiger charge is -2.35. The van der Waals surface area contributed by atoms with Crippen molar-refractivity contribution >= 4 is 11.9 Å². The molecule has 0 radical (unpaired) electrons. The molecule has 1 saturated carbocycles. The number of hydrogen-bond donors (Lipinski definition) is 0. The van der Waals surface area contributed by atoms with Gasteiger partial charge in [-0.1, -0.05) is 12.2 Å². The highest BCUT2D eigenvalue weighted by atomic mass is 14.9. The number of allylic oxidation sites excluding steroid dienone is 2. The van der Waals surface area contributed by atoms with Crippen molar-refractivity contribution in [2.24, 2.45) is 21.8 Å². The van der Waals surface area contributed by atoms with Crippen LogP contribution in [0.25, 0.3) is 0 Å². The lowest BCUT2D eigenvalue weighted by atomic mass is 9.74. The number of fused-ring (bicyclic) bond motifs is 3. The molecule has 2 heteroatoms. The van der Waals surface area contributed by atoms with Gasteiger partial charge in [-0.3, -0.25) is 9.98 Å². The second kappa shape index (κ2) is 3.19. The van der Waals surface area contributed by atoms with E-state index in [1.807, 2.05) is 12.4 Å². The molecule has 0 bridgehead atoms. The second-order valence-electron chi connectivity index (χ2n) is 4.24. The van der Waals surface area contributed by atoms with Crippen molar-refractivity contribution in [2.75, 3.05) is 0 Å². The van der Waals surface area contributed by atoms with Crippen molar-refractivity contribution < 1.29 is 0 Å². The summed E-state index contributed by atoms with van der Waals surface area (Å²) in [5.74, 6) is 1.28. The fourth-order valence-electron chi connectivity index (χ4n) is 2.67. The van der Waals surface area contributed by atoms with Gasteiger partial charge in [0.25, 0.3) is 0 Å². The third-order valence-corrected chi connectivity index (χ3v) is 3.42. The van der Waals surface area contributed by atoms with Crippen molar-refractivity contribution in [1.82, 2.24) is 0 Å². The molecular weight excluding hydrogens is 172 g/mol. The lowest BCUT2D eigenvalue weighted by molar-refractivity contribution is 0.423. The van der Waals surface area contributed by atoms with Crippen LogP contribution in [0.4, 0.5) is 0 Å². The van der Waals surface area contributed by atoms with E-state index in [0.29, 0.717) is 17.9 Å². The molecule has 3 unspecified atom stereocenters. The molecule has 14 heavy (non-hydrogen) atoms. The molecule has 3 aliphatic rings. The van der Waals surface area contributed by atoms with Crippen LogP contribution in [-0.2, 0) is 0 Å². The minimum Gasteiger partial charge on any atom is -0.283 e. The Bertz CT molecular complexity index is 349. The molecule has 0 N–H and O–H groups in total. The summed E-state index contributed by atoms with van der Waals surface area (Å²) in [5.41, 5.74) is 1.32. The van der Waals surface area contributed by atoms with Gasteiger partial charge in [-0.2, -0.15) is 0 Å². The third kappa shape index (κ3) is 1.17. The molecule has 0 spiro atoms. The van der Waals surface area contributed by atoms with E-state index in [4.69, 9.17) is 0 Å². The van der Waals surface area contributed by atoms with E-state index >= 15 is 0 Å². The van der Waals surface area contributed by atoms with Gasteiger partial charge in [-0.15, -0.1) is 0 Å². The minimum atomic E-state index is 0.351. The third-order valence-electron chi connectivity index (χ3n) is 3.42. The van der Waals surface area contributed by atoms with Crippen LogP contribution in [0.15, 0.2) is 34.4 Å². The molecule has 0 amide bonds. The van der Waals surface area contributed by atoms with Crippen molar-refractivity contribution in [3.63, 3.8) is 0 Å². The van der Waals surface area contributed by atoms with Crippen LogP contribution in [-0.4, -0.2) is 18.0 Å². The molecule has 1 fully saturated rings. The fourth-order valence-corrected chi connectivity index (χ4v) is 2.67. The molecule has 72 valence electrons. The van der Waals surface area contributed by atoms with Crippen LogP contribution < -0.4 is 0 Å². The first kappa shape index (κ1) is 8.16. The Hall–Kier alpha value is -1.18. The molecule has 2 aliphatic heterocycles. The van der Waals surface area contributed by atoms with Gasteiger partial charge in [0.05, 0.1) is 6.04 Å². The van der Waals surface area contributed by atoms with E-state index in [0.717, 1.165) is 0 Å². The van der Waals surface area contributed by atoms with Gasteiger partial charge in [-0.05, 0) is 25.3 Å². The summed E-state index contributed by atoms with van der Waals surface area (Å²) < 4.78 is 0. The van der Waals surface area contributed by atoms with E-state index in [-0.39, 0.29) is 0 Å². The molecule has 3 atom stereocenters. The number of aliphatic imine (C=N–C) groups is 2. The zero-order valence-corrected chi connectivity index (χ0v) is 8.13. The average Bonchev–Trinajstić information content (AvgIpc) is 2.29. The van der Waals surface area contributed by atoms with Crippen LogP contribution in [0.1, 0.15) is 19.3 Å². The van der Waals surface area contributed by atoms with Crippen LogP contribution in [0, 0.1) is 11.8 Å². The molecule has 3 rings (SSSR count). The second-order valence-corrected chi connectivity index (χ2v) is 4.24. The lowest BCUT2D eigenvalue weighted by Crippen LogP contribution is -2.39. The molecule has 2 nitrogen and oxygen atoms in total. The molecule has 2 heterocycles. The Morgan fingerprint density at radius 1 is 1.29 bits per heavy atom. The molecule has 0 aromatic heterocycles. The first-order valence-corrected chi connectivity index (χ1v) is 5.38. The summed E-state index contributed by atoms with van der Waals surface area (Å²) in [4.78, 5) is 9.08. The monoisotopic (exact) mass is 186 g/mol. The van der Waals surface area contributed by atoms with E-state index in [1.165, 1.54) is 25.0 Å². The van der Waals surface area contributed by atoms with Gasteiger partial charge in [0.2, 0.25) is 0 Å². The Kier molecular flexibility index (Phi) is 1.86. The van der Waals surface area contributed by atoms with Crippen LogP contribution in [0.2, 0.25) is 0 Å². The summed E-state index contributed by atoms with van der Waals surface area (Å²) in [5, 5.41) is 0. The summed E-state index contributed by atoms with van der Waals surface area (Å²) >= 11 is 0. The summed E-state index contributed by atoms with van der Waals surface area (Å²) in [7, 11) is 0. The first-order valence-electron chi connectivity index (χ1n) is 5.38. The van der Waals surface area contributed by atoms with Gasteiger partial charge >= 0.3 is 0 Å². The maximum absolute atomic E-state index is 4.56. The average molecular weight is 186 g/mol. The van der Waals surface area contributed by atoms with E-state index in [9.17, 15) is 0 Å². The number of dihydropyridines is 1. The van der Waals surface area contributed by atoms with Crippen molar-refractivity contribution in [1.29, 1.82) is 0 Å². The number of rotatable bonds is 0.